The second-order valence-electron chi connectivity index (χ2n) is 5.68. The number of para-hydroxylation sites is 1. The van der Waals surface area contributed by atoms with Crippen LogP contribution in [0.1, 0.15) is 31.2 Å². The maximum Gasteiger partial charge on any atom is 0.342 e. The standard InChI is InChI=1S/C20H25NO3/c1-23-24-20(22)15-9-4-10-16-21(19-13-7-3-8-14-19)17-18-11-5-2-6-12-18/h2-3,5-8,11-14H,4,9-10,15-17H2,1H3. The van der Waals surface area contributed by atoms with E-state index in [0.29, 0.717) is 6.42 Å². The minimum atomic E-state index is -0.304. The molecule has 2 aromatic carbocycles. The van der Waals surface area contributed by atoms with Crippen LogP contribution in [0, 0.1) is 0 Å². The van der Waals surface area contributed by atoms with E-state index < -0.39 is 0 Å². The lowest BCUT2D eigenvalue weighted by atomic mass is 10.1. The minimum absolute atomic E-state index is 0.304. The molecule has 128 valence electrons. The number of benzene rings is 2. The lowest BCUT2D eigenvalue weighted by Gasteiger charge is -2.25. The Hall–Kier alpha value is -2.33. The molecule has 0 saturated heterocycles. The van der Waals surface area contributed by atoms with Gasteiger partial charge in [-0.1, -0.05) is 55.0 Å². The highest BCUT2D eigenvalue weighted by atomic mass is 17.2. The molecule has 0 aliphatic rings. The monoisotopic (exact) mass is 327 g/mol. The fourth-order valence-electron chi connectivity index (χ4n) is 2.63. The topological polar surface area (TPSA) is 38.8 Å². The van der Waals surface area contributed by atoms with E-state index in [-0.39, 0.29) is 5.97 Å². The van der Waals surface area contributed by atoms with Crippen LogP contribution in [0.5, 0.6) is 0 Å². The fourth-order valence-corrected chi connectivity index (χ4v) is 2.63. The maximum atomic E-state index is 11.2. The van der Waals surface area contributed by atoms with Crippen LogP contribution in [0.25, 0.3) is 0 Å². The summed E-state index contributed by atoms with van der Waals surface area (Å²) in [5, 5.41) is 0. The van der Waals surface area contributed by atoms with Crippen molar-refractivity contribution in [3.8, 4) is 0 Å². The quantitative estimate of drug-likeness (QED) is 0.369. The molecule has 4 nitrogen and oxygen atoms in total. The Kier molecular flexibility index (Phi) is 7.84. The largest absolute Gasteiger partial charge is 0.367 e. The van der Waals surface area contributed by atoms with Crippen molar-refractivity contribution in [3.05, 3.63) is 66.2 Å². The lowest BCUT2D eigenvalue weighted by Crippen LogP contribution is -2.23. The third-order valence-corrected chi connectivity index (χ3v) is 3.82. The molecule has 0 amide bonds. The Morgan fingerprint density at radius 3 is 2.25 bits per heavy atom. The Labute approximate surface area is 143 Å². The average molecular weight is 327 g/mol. The van der Waals surface area contributed by atoms with Gasteiger partial charge in [0, 0.05) is 25.2 Å². The van der Waals surface area contributed by atoms with E-state index in [4.69, 9.17) is 0 Å². The predicted octanol–water partition coefficient (Wildman–Crippen LogP) is 4.36. The molecule has 0 radical (unpaired) electrons. The average Bonchev–Trinajstić information content (AvgIpc) is 2.62. The highest BCUT2D eigenvalue weighted by Crippen LogP contribution is 2.18. The van der Waals surface area contributed by atoms with E-state index in [0.717, 1.165) is 32.4 Å². The Bertz CT molecular complexity index is 586. The molecular weight excluding hydrogens is 302 g/mol. The van der Waals surface area contributed by atoms with Gasteiger partial charge in [-0.05, 0) is 30.5 Å². The van der Waals surface area contributed by atoms with Crippen molar-refractivity contribution in [2.45, 2.75) is 32.2 Å². The number of hydrogen-bond donors (Lipinski definition) is 0. The summed E-state index contributed by atoms with van der Waals surface area (Å²) in [6, 6.07) is 20.9. The van der Waals surface area contributed by atoms with Crippen LogP contribution in [0.2, 0.25) is 0 Å². The van der Waals surface area contributed by atoms with Gasteiger partial charge in [-0.3, -0.25) is 4.89 Å². The molecule has 2 rings (SSSR count). The second-order valence-corrected chi connectivity index (χ2v) is 5.68. The van der Waals surface area contributed by atoms with Gasteiger partial charge < -0.3 is 4.90 Å². The molecule has 0 saturated carbocycles. The summed E-state index contributed by atoms with van der Waals surface area (Å²) in [7, 11) is 1.35. The van der Waals surface area contributed by atoms with E-state index in [1.54, 1.807) is 0 Å². The molecule has 0 aliphatic heterocycles. The van der Waals surface area contributed by atoms with Gasteiger partial charge in [-0.25, -0.2) is 4.79 Å². The molecule has 0 spiro atoms. The summed E-state index contributed by atoms with van der Waals surface area (Å²) in [4.78, 5) is 22.5. The smallest absolute Gasteiger partial charge is 0.342 e. The number of unbranched alkanes of at least 4 members (excludes halogenated alkanes) is 2. The first-order valence-corrected chi connectivity index (χ1v) is 8.37. The van der Waals surface area contributed by atoms with Gasteiger partial charge in [0.1, 0.15) is 0 Å². The molecule has 0 aromatic heterocycles. The summed E-state index contributed by atoms with van der Waals surface area (Å²) in [5.74, 6) is -0.304. The maximum absolute atomic E-state index is 11.2. The van der Waals surface area contributed by atoms with Crippen LogP contribution in [0.3, 0.4) is 0 Å². The molecule has 0 aliphatic carbocycles. The van der Waals surface area contributed by atoms with E-state index in [1.165, 1.54) is 18.4 Å². The van der Waals surface area contributed by atoms with Gasteiger partial charge in [-0.2, -0.15) is 4.89 Å². The van der Waals surface area contributed by atoms with Crippen molar-refractivity contribution in [1.29, 1.82) is 0 Å². The van der Waals surface area contributed by atoms with Crippen molar-refractivity contribution in [2.24, 2.45) is 0 Å². The van der Waals surface area contributed by atoms with Crippen LogP contribution in [-0.4, -0.2) is 19.6 Å². The van der Waals surface area contributed by atoms with E-state index in [9.17, 15) is 4.79 Å². The van der Waals surface area contributed by atoms with E-state index in [1.807, 2.05) is 12.1 Å². The zero-order valence-electron chi connectivity index (χ0n) is 14.2. The third kappa shape index (κ3) is 6.42. The molecule has 0 N–H and O–H groups in total. The highest BCUT2D eigenvalue weighted by Gasteiger charge is 2.08. The zero-order valence-corrected chi connectivity index (χ0v) is 14.2. The number of rotatable bonds is 10. The minimum Gasteiger partial charge on any atom is -0.367 e. The fraction of sp³-hybridized carbons (Fsp3) is 0.350. The zero-order chi connectivity index (χ0) is 17.0. The van der Waals surface area contributed by atoms with Gasteiger partial charge in [0.05, 0.1) is 7.11 Å². The molecular formula is C20H25NO3. The summed E-state index contributed by atoms with van der Waals surface area (Å²) >= 11 is 0. The van der Waals surface area contributed by atoms with Crippen molar-refractivity contribution >= 4 is 11.7 Å². The second kappa shape index (κ2) is 10.4. The van der Waals surface area contributed by atoms with Gasteiger partial charge in [0.15, 0.2) is 0 Å². The number of hydrogen-bond acceptors (Lipinski definition) is 4. The molecule has 2 aromatic rings. The predicted molar refractivity (Wildman–Crippen MR) is 95.5 cm³/mol. The van der Waals surface area contributed by atoms with Crippen molar-refractivity contribution < 1.29 is 14.6 Å². The summed E-state index contributed by atoms with van der Waals surface area (Å²) in [6.07, 6.45) is 3.23. The lowest BCUT2D eigenvalue weighted by molar-refractivity contribution is -0.255. The Balaban J connectivity index is 1.84. The molecule has 4 heteroatoms. The van der Waals surface area contributed by atoms with Gasteiger partial charge >= 0.3 is 5.97 Å². The first-order valence-electron chi connectivity index (χ1n) is 8.37. The molecule has 0 heterocycles. The SMILES string of the molecule is COOC(=O)CCCCCN(Cc1ccccc1)c1ccccc1. The first-order chi connectivity index (χ1) is 11.8. The Morgan fingerprint density at radius 1 is 0.917 bits per heavy atom. The van der Waals surface area contributed by atoms with Crippen LogP contribution < -0.4 is 4.90 Å². The molecule has 0 fully saturated rings. The summed E-state index contributed by atoms with van der Waals surface area (Å²) in [5.41, 5.74) is 2.52. The van der Waals surface area contributed by atoms with Crippen LogP contribution in [-0.2, 0) is 21.1 Å². The van der Waals surface area contributed by atoms with Crippen molar-refractivity contribution in [1.82, 2.24) is 0 Å². The van der Waals surface area contributed by atoms with Gasteiger partial charge in [0.2, 0.25) is 0 Å². The number of carbonyl (C=O) groups is 1. The van der Waals surface area contributed by atoms with Gasteiger partial charge in [0.25, 0.3) is 0 Å². The normalized spacial score (nSPS) is 10.4. The summed E-state index contributed by atoms with van der Waals surface area (Å²) < 4.78 is 0. The molecule has 0 unspecified atom stereocenters. The summed E-state index contributed by atoms with van der Waals surface area (Å²) in [6.45, 7) is 1.84. The molecule has 24 heavy (non-hydrogen) atoms. The highest BCUT2D eigenvalue weighted by molar-refractivity contribution is 5.68. The van der Waals surface area contributed by atoms with Crippen LogP contribution in [0.15, 0.2) is 60.7 Å². The number of nitrogens with zero attached hydrogens (tertiary/aromatic N) is 1. The van der Waals surface area contributed by atoms with Crippen molar-refractivity contribution in [2.75, 3.05) is 18.6 Å². The number of carbonyl (C=O) groups excluding carboxylic acids is 1. The van der Waals surface area contributed by atoms with Crippen molar-refractivity contribution in [3.63, 3.8) is 0 Å². The number of anilines is 1. The van der Waals surface area contributed by atoms with Crippen LogP contribution >= 0.6 is 0 Å². The van der Waals surface area contributed by atoms with Crippen LogP contribution in [0.4, 0.5) is 5.69 Å². The van der Waals surface area contributed by atoms with E-state index in [2.05, 4.69) is 63.2 Å². The Morgan fingerprint density at radius 2 is 1.58 bits per heavy atom. The molecule has 0 atom stereocenters. The molecule has 0 bridgehead atoms. The van der Waals surface area contributed by atoms with Gasteiger partial charge in [-0.15, -0.1) is 0 Å². The third-order valence-electron chi connectivity index (χ3n) is 3.82. The van der Waals surface area contributed by atoms with E-state index >= 15 is 0 Å². The first kappa shape index (κ1) is 18.0.